The molecule has 0 bridgehead atoms. The third-order valence-electron chi connectivity index (χ3n) is 0.402. The van der Waals surface area contributed by atoms with E-state index in [1.54, 1.807) is 0 Å². The summed E-state index contributed by atoms with van der Waals surface area (Å²) in [4.78, 5) is 8.29. The van der Waals surface area contributed by atoms with Crippen LogP contribution in [-0.4, -0.2) is 11.5 Å². The number of hydrogen-bond acceptors (Lipinski definition) is 2. The summed E-state index contributed by atoms with van der Waals surface area (Å²) < 4.78 is 4.58. The maximum absolute atomic E-state index is 8.29. The Kier molecular flexibility index (Phi) is 5.23. The van der Waals surface area contributed by atoms with Crippen LogP contribution in [0.1, 0.15) is 13.3 Å². The Hall–Kier alpha value is 0.640. The lowest BCUT2D eigenvalue weighted by Crippen LogP contribution is -1.80. The van der Waals surface area contributed by atoms with Gasteiger partial charge >= 0.3 is 0 Å². The molecule has 0 aromatic heterocycles. The van der Waals surface area contributed by atoms with Gasteiger partial charge in [-0.1, -0.05) is 6.92 Å². The van der Waals surface area contributed by atoms with Crippen LogP contribution in [0.5, 0.6) is 0 Å². The Labute approximate surface area is 49.1 Å². The minimum absolute atomic E-state index is 0.547. The molecule has 0 fully saturated rings. The topological polar surface area (TPSA) is 29.5 Å². The Morgan fingerprint density at radius 2 is 2.43 bits per heavy atom. The molecule has 0 aliphatic rings. The van der Waals surface area contributed by atoms with Crippen molar-refractivity contribution < 1.29 is 9.42 Å². The van der Waals surface area contributed by atoms with Crippen molar-refractivity contribution in [1.82, 2.24) is 0 Å². The first-order chi connectivity index (χ1) is 3.27. The van der Waals surface area contributed by atoms with E-state index in [9.17, 15) is 0 Å². The summed E-state index contributed by atoms with van der Waals surface area (Å²) in [7, 11) is -1.63. The van der Waals surface area contributed by atoms with Gasteiger partial charge in [0.05, 0.1) is 6.61 Å². The standard InChI is InChI=1S/C3H8ClO2P/c1-2-3-6-7(4)5/h5H,2-3H2,1H3. The maximum Gasteiger partial charge on any atom is 0.274 e. The fraction of sp³-hybridized carbons (Fsp3) is 1.00. The van der Waals surface area contributed by atoms with Gasteiger partial charge in [0.2, 0.25) is 0 Å². The minimum Gasteiger partial charge on any atom is -0.338 e. The predicted octanol–water partition coefficient (Wildman–Crippen LogP) is 1.87. The lowest BCUT2D eigenvalue weighted by atomic mass is 10.5. The van der Waals surface area contributed by atoms with Gasteiger partial charge in [0, 0.05) is 0 Å². The van der Waals surface area contributed by atoms with Crippen molar-refractivity contribution in [2.75, 3.05) is 6.61 Å². The van der Waals surface area contributed by atoms with Crippen LogP contribution in [0.3, 0.4) is 0 Å². The second-order valence-electron chi connectivity index (χ2n) is 1.06. The van der Waals surface area contributed by atoms with E-state index in [1.807, 2.05) is 6.92 Å². The molecule has 0 saturated carbocycles. The first-order valence-electron chi connectivity index (χ1n) is 2.05. The quantitative estimate of drug-likeness (QED) is 0.610. The normalized spacial score (nSPS) is 14.1. The molecule has 0 aromatic carbocycles. The summed E-state index contributed by atoms with van der Waals surface area (Å²) >= 11 is 5.05. The Morgan fingerprint density at radius 1 is 1.86 bits per heavy atom. The van der Waals surface area contributed by atoms with Crippen LogP contribution in [0.2, 0.25) is 0 Å². The third-order valence-corrected chi connectivity index (χ3v) is 1.09. The number of rotatable bonds is 3. The largest absolute Gasteiger partial charge is 0.338 e. The highest BCUT2D eigenvalue weighted by molar-refractivity contribution is 7.75. The second-order valence-corrected chi connectivity index (χ2v) is 2.64. The number of halogens is 1. The average Bonchev–Trinajstić information content (AvgIpc) is 1.61. The van der Waals surface area contributed by atoms with E-state index < -0.39 is 7.73 Å². The Morgan fingerprint density at radius 3 is 2.57 bits per heavy atom. The summed E-state index contributed by atoms with van der Waals surface area (Å²) in [5.74, 6) is 0. The zero-order valence-corrected chi connectivity index (χ0v) is 5.75. The molecule has 0 heterocycles. The highest BCUT2D eigenvalue weighted by Crippen LogP contribution is 2.36. The molecule has 0 rings (SSSR count). The van der Waals surface area contributed by atoms with Gasteiger partial charge in [-0.3, -0.25) is 0 Å². The molecule has 1 N–H and O–H groups in total. The van der Waals surface area contributed by atoms with Gasteiger partial charge in [0.15, 0.2) is 0 Å². The van der Waals surface area contributed by atoms with E-state index >= 15 is 0 Å². The van der Waals surface area contributed by atoms with E-state index in [0.717, 1.165) is 6.42 Å². The first kappa shape index (κ1) is 7.64. The van der Waals surface area contributed by atoms with Gasteiger partial charge in [-0.2, -0.15) is 0 Å². The summed E-state index contributed by atoms with van der Waals surface area (Å²) in [6.07, 6.45) is 0.895. The summed E-state index contributed by atoms with van der Waals surface area (Å²) in [5.41, 5.74) is 0. The molecule has 1 atom stereocenters. The molecule has 0 aliphatic carbocycles. The molecule has 44 valence electrons. The molecule has 2 nitrogen and oxygen atoms in total. The van der Waals surface area contributed by atoms with E-state index in [0.29, 0.717) is 6.61 Å². The molecule has 7 heavy (non-hydrogen) atoms. The van der Waals surface area contributed by atoms with Gasteiger partial charge in [-0.05, 0) is 17.7 Å². The zero-order chi connectivity index (χ0) is 5.70. The van der Waals surface area contributed by atoms with Gasteiger partial charge in [-0.25, -0.2) is 0 Å². The summed E-state index contributed by atoms with van der Waals surface area (Å²) in [5, 5.41) is 0. The minimum atomic E-state index is -1.63. The SMILES string of the molecule is CCCOP(O)Cl. The van der Waals surface area contributed by atoms with Crippen molar-refractivity contribution in [2.24, 2.45) is 0 Å². The van der Waals surface area contributed by atoms with Gasteiger partial charge in [0.25, 0.3) is 7.73 Å². The van der Waals surface area contributed by atoms with Crippen molar-refractivity contribution in [3.05, 3.63) is 0 Å². The lowest BCUT2D eigenvalue weighted by molar-refractivity contribution is 0.321. The van der Waals surface area contributed by atoms with Crippen LogP contribution in [0, 0.1) is 0 Å². The van der Waals surface area contributed by atoms with Crippen LogP contribution in [-0.2, 0) is 4.52 Å². The highest BCUT2D eigenvalue weighted by Gasteiger charge is 1.93. The summed E-state index contributed by atoms with van der Waals surface area (Å²) in [6.45, 7) is 2.50. The fourth-order valence-corrected chi connectivity index (χ4v) is 0.707. The molecule has 0 saturated heterocycles. The smallest absolute Gasteiger partial charge is 0.274 e. The van der Waals surface area contributed by atoms with Crippen LogP contribution in [0.15, 0.2) is 0 Å². The highest BCUT2D eigenvalue weighted by atomic mass is 35.7. The zero-order valence-electron chi connectivity index (χ0n) is 4.09. The first-order valence-corrected chi connectivity index (χ1v) is 4.16. The molecule has 4 heteroatoms. The average molecular weight is 143 g/mol. The van der Waals surface area contributed by atoms with Crippen LogP contribution in [0.25, 0.3) is 0 Å². The molecule has 0 spiro atoms. The van der Waals surface area contributed by atoms with Crippen LogP contribution in [0.4, 0.5) is 0 Å². The fourth-order valence-electron chi connectivity index (χ4n) is 0.167. The predicted molar refractivity (Wildman–Crippen MR) is 31.2 cm³/mol. The van der Waals surface area contributed by atoms with Crippen LogP contribution >= 0.6 is 19.0 Å². The maximum atomic E-state index is 8.29. The molecular formula is C3H8ClO2P. The van der Waals surface area contributed by atoms with Crippen molar-refractivity contribution in [3.8, 4) is 0 Å². The van der Waals surface area contributed by atoms with Gasteiger partial charge < -0.3 is 9.42 Å². The van der Waals surface area contributed by atoms with Gasteiger partial charge in [0.1, 0.15) is 0 Å². The van der Waals surface area contributed by atoms with Crippen molar-refractivity contribution in [3.63, 3.8) is 0 Å². The molecule has 0 aliphatic heterocycles. The van der Waals surface area contributed by atoms with Gasteiger partial charge in [-0.15, -0.1) is 0 Å². The molecule has 1 unspecified atom stereocenters. The van der Waals surface area contributed by atoms with E-state index in [4.69, 9.17) is 16.1 Å². The van der Waals surface area contributed by atoms with E-state index in [-0.39, 0.29) is 0 Å². The molecular weight excluding hydrogens is 134 g/mol. The molecule has 0 aromatic rings. The third kappa shape index (κ3) is 6.64. The molecule has 0 radical (unpaired) electrons. The second kappa shape index (κ2) is 4.79. The van der Waals surface area contributed by atoms with E-state index in [2.05, 4.69) is 4.52 Å². The van der Waals surface area contributed by atoms with Crippen LogP contribution < -0.4 is 0 Å². The van der Waals surface area contributed by atoms with E-state index in [1.165, 1.54) is 0 Å². The van der Waals surface area contributed by atoms with Crippen molar-refractivity contribution in [1.29, 1.82) is 0 Å². The Bertz CT molecular complexity index is 41.9. The monoisotopic (exact) mass is 142 g/mol. The van der Waals surface area contributed by atoms with Crippen molar-refractivity contribution in [2.45, 2.75) is 13.3 Å². The lowest BCUT2D eigenvalue weighted by Gasteiger charge is -1.97. The summed E-state index contributed by atoms with van der Waals surface area (Å²) in [6, 6.07) is 0. The Balaban J connectivity index is 2.68. The van der Waals surface area contributed by atoms with Crippen molar-refractivity contribution >= 4 is 19.0 Å². The number of hydrogen-bond donors (Lipinski definition) is 1. The molecule has 0 amide bonds.